The van der Waals surface area contributed by atoms with Gasteiger partial charge in [0.05, 0.1) is 52.4 Å². The van der Waals surface area contributed by atoms with E-state index in [4.69, 9.17) is 19.0 Å². The van der Waals surface area contributed by atoms with Crippen molar-refractivity contribution in [2.24, 2.45) is 27.0 Å². The maximum Gasteiger partial charge on any atom is 0.311 e. The van der Waals surface area contributed by atoms with E-state index in [1.807, 2.05) is 86.9 Å². The first-order valence-corrected chi connectivity index (χ1v) is 46.3. The summed E-state index contributed by atoms with van der Waals surface area (Å²) in [7, 11) is 2.05. The van der Waals surface area contributed by atoms with Crippen molar-refractivity contribution in [1.29, 1.82) is 0 Å². The van der Waals surface area contributed by atoms with Crippen molar-refractivity contribution in [3.05, 3.63) is 332 Å². The summed E-state index contributed by atoms with van der Waals surface area (Å²) in [5.41, 5.74) is 18.2. The molecule has 2 saturated heterocycles. The van der Waals surface area contributed by atoms with Crippen LogP contribution in [0.1, 0.15) is 146 Å². The van der Waals surface area contributed by atoms with E-state index in [9.17, 15) is 83.4 Å². The lowest BCUT2D eigenvalue weighted by molar-refractivity contribution is -0.485. The Labute approximate surface area is 815 Å². The van der Waals surface area contributed by atoms with Crippen molar-refractivity contribution >= 4 is 150 Å². The number of nitrogens with one attached hydrogen (secondary N) is 5. The number of halogens is 2. The number of guanidine groups is 1. The molecule has 4 aliphatic heterocycles. The standard InChI is InChI=1S/C27H27N5O5.C27H27N3O4.C22H27N3O3.C16H17Br2N3O5.C6H7N5O3/c1-3-31(4-2)22-13-10-19(11-14-22)16-23(29-26(34)21-8-6-5-7-9-21)27(35)30-28-18-20-12-15-25(33)24(17-20)32(36)37;1-17-8-9-20(11-18(17)2)26(32)28-23(13-22-5-4-10-34-22)27(33)29-14-19-12-21(16-29)24-6-3-7-25(31)30(24)15-19;1-16-7-8-18(14-17(16)2)21(26)23-20(15-19-6-4-13-28-19)22(27)25-10-5-9-24(3)11-12-25;1-10-8-16(24)20(15(23)5-7-18)12-3-2-11(21(25)26)9-13(12)19(10)14(22)4-6-17;7-6(10-11(12)13)9-8-4-5-2-1-3-14-5/h5-18,33H,3-4H2,1-2H3,(H,29,34)(H,30,35);3-11,13,19,21H,12,14-16H2,1-2H3,(H,28,32);4,6-8,13-15H,5,9-12H2,1-3H3,(H,23,26);2-3,9-10H,4-8H2,1H3;1-4H,(H3,7,9,10)/b23-16-,28-18+;23-13-;20-15-;;8-4+. The maximum absolute atomic E-state index is 13.7. The highest BCUT2D eigenvalue weighted by molar-refractivity contribution is 9.09. The minimum atomic E-state index is -0.926. The molecule has 9 amide bonds. The van der Waals surface area contributed by atoms with E-state index < -0.39 is 61.9 Å². The van der Waals surface area contributed by atoms with Crippen molar-refractivity contribution in [2.75, 3.05) is 84.8 Å². The number of hydrogen-bond acceptors (Lipinski definition) is 24. The van der Waals surface area contributed by atoms with E-state index in [1.54, 1.807) is 126 Å². The van der Waals surface area contributed by atoms with E-state index in [2.05, 4.69) is 105 Å². The van der Waals surface area contributed by atoms with Crippen molar-refractivity contribution in [3.63, 3.8) is 0 Å². The molecular formula is C98H105Br2N19O20. The van der Waals surface area contributed by atoms with Crippen molar-refractivity contribution in [1.82, 2.24) is 46.1 Å². The predicted molar refractivity (Wildman–Crippen MR) is 531 cm³/mol. The quantitative estimate of drug-likeness (QED) is 0.00661. The van der Waals surface area contributed by atoms with Crippen LogP contribution < -0.4 is 52.8 Å². The predicted octanol–water partition coefficient (Wildman–Crippen LogP) is 13.2. The fraction of sp³-hybridized carbons (Fsp3) is 0.276. The summed E-state index contributed by atoms with van der Waals surface area (Å²) in [6.45, 7) is 20.1. The number of imide groups is 1. The molecule has 3 unspecified atom stereocenters. The third-order valence-electron chi connectivity index (χ3n) is 22.4. The number of likely N-dealkylation sites (N-methyl/N-ethyl adjacent to an activating group) is 1. The summed E-state index contributed by atoms with van der Waals surface area (Å²) in [5, 5.41) is 59.9. The van der Waals surface area contributed by atoms with Crippen LogP contribution in [0.3, 0.4) is 0 Å². The number of nitrogens with zero attached hydrogens (tertiary/aromatic N) is 13. The van der Waals surface area contributed by atoms with E-state index >= 15 is 0 Å². The number of hydrazone groups is 3. The smallest absolute Gasteiger partial charge is 0.311 e. The molecule has 139 heavy (non-hydrogen) atoms. The zero-order valence-electron chi connectivity index (χ0n) is 77.3. The summed E-state index contributed by atoms with van der Waals surface area (Å²) >= 11 is 6.39. The number of carbonyl (C=O) groups excluding carboxylic acids is 9. The first kappa shape index (κ1) is 105. The number of nitrogens with two attached hydrogens (primary N) is 1. The van der Waals surface area contributed by atoms with Gasteiger partial charge in [-0.1, -0.05) is 80.4 Å². The summed E-state index contributed by atoms with van der Waals surface area (Å²) in [5.74, 6) is -2.51. The number of non-ortho nitro benzene ring substituents is 1. The number of aromatic hydroxyl groups is 1. The number of amides is 9. The summed E-state index contributed by atoms with van der Waals surface area (Å²) in [6.07, 6.45) is 13.8. The monoisotopic (exact) mass is 2030 g/mol. The van der Waals surface area contributed by atoms with Crippen LogP contribution in [-0.4, -0.2) is 187 Å². The molecule has 4 aliphatic rings. The van der Waals surface area contributed by atoms with Crippen LogP contribution in [0.15, 0.2) is 251 Å². The minimum Gasteiger partial charge on any atom is -0.502 e. The number of likely N-dealkylation sites (tertiary alicyclic amines) is 1. The Hall–Kier alpha value is -15.9. The molecule has 4 aromatic heterocycles. The molecular weight excluding hydrogens is 1920 g/mol. The number of anilines is 3. The van der Waals surface area contributed by atoms with E-state index in [0.717, 1.165) is 89.7 Å². The number of hydrogen-bond donors (Lipinski definition) is 7. The van der Waals surface area contributed by atoms with Gasteiger partial charge in [0.15, 0.2) is 10.8 Å². The number of aromatic nitrogens is 1. The number of fused-ring (bicyclic) bond motifs is 5. The Kier molecular flexibility index (Phi) is 38.7. The molecule has 3 atom stereocenters. The average Bonchev–Trinajstić information content (AvgIpc) is 1.61. The van der Waals surface area contributed by atoms with Gasteiger partial charge in [-0.3, -0.25) is 68.2 Å². The third kappa shape index (κ3) is 30.0. The van der Waals surface area contributed by atoms with Crippen LogP contribution in [0.2, 0.25) is 0 Å². The lowest BCUT2D eigenvalue weighted by Gasteiger charge is -2.42. The van der Waals surface area contributed by atoms with Gasteiger partial charge in [0.25, 0.3) is 52.6 Å². The highest BCUT2D eigenvalue weighted by Crippen LogP contribution is 2.40. The largest absolute Gasteiger partial charge is 0.502 e. The zero-order valence-corrected chi connectivity index (χ0v) is 80.5. The SMILES string of the molecule is CC1CC(=O)N(C(=O)CCBr)c2ccc([N+](=O)[O-])cc2N1C(=O)CCBr.CCN(CC)c1ccc(/C=C(\NC(=O)c2ccccc2)C(=O)N/N=C/c2ccc(O)c([N+](=O)[O-])c2)cc1.Cc1ccc(C(=O)N/C(=C\c2ccco2)C(=O)N2CC3CC(C2)c2cccc(=O)n2C3)cc1C.Cc1ccc(C(=O)N/C(=C\c2ccco2)C(=O)N2CCCN(C)CC2)cc1C.N/C(=N\[N+](=O)[O-])N/N=C/c1ccco1. The highest BCUT2D eigenvalue weighted by Gasteiger charge is 2.40. The van der Waals surface area contributed by atoms with Gasteiger partial charge in [-0.15, -0.1) is 0 Å². The number of nitro groups is 3. The van der Waals surface area contributed by atoms with E-state index in [1.165, 1.54) is 60.2 Å². The molecule has 0 radical (unpaired) electrons. The van der Waals surface area contributed by atoms with Gasteiger partial charge >= 0.3 is 5.69 Å². The molecule has 8 heterocycles. The lowest BCUT2D eigenvalue weighted by Crippen LogP contribution is -2.50. The summed E-state index contributed by atoms with van der Waals surface area (Å²) in [6, 6.07) is 49.6. The van der Waals surface area contributed by atoms with Gasteiger partial charge in [-0.2, -0.15) is 10.2 Å². The Morgan fingerprint density at radius 3 is 1.71 bits per heavy atom. The van der Waals surface area contributed by atoms with Crippen LogP contribution in [0, 0.1) is 64.0 Å². The number of phenolic OH excluding ortho intramolecular Hbond substituents is 1. The molecule has 726 valence electrons. The maximum atomic E-state index is 13.7. The zero-order chi connectivity index (χ0) is 101. The van der Waals surface area contributed by atoms with Crippen molar-refractivity contribution in [3.8, 4) is 5.75 Å². The number of aryl methyl sites for hydroxylation is 4. The summed E-state index contributed by atoms with van der Waals surface area (Å²) in [4.78, 5) is 169. The highest BCUT2D eigenvalue weighted by atomic mass is 79.9. The number of rotatable bonds is 26. The molecule has 6 aromatic carbocycles. The molecule has 14 rings (SSSR count). The Bertz CT molecular complexity index is 6340. The fourth-order valence-electron chi connectivity index (χ4n) is 15.1. The third-order valence-corrected chi connectivity index (χ3v) is 23.2. The molecule has 2 fully saturated rings. The Balaban J connectivity index is 0.000000184. The number of pyridine rings is 1. The molecule has 0 spiro atoms. The first-order chi connectivity index (χ1) is 66.6. The fourth-order valence-corrected chi connectivity index (χ4v) is 15.8. The van der Waals surface area contributed by atoms with Gasteiger partial charge in [0.1, 0.15) is 39.5 Å². The number of phenols is 1. The van der Waals surface area contributed by atoms with Gasteiger partial charge in [0.2, 0.25) is 17.7 Å². The van der Waals surface area contributed by atoms with Gasteiger partial charge in [0, 0.05) is 164 Å². The normalized spacial score (nSPS) is 15.3. The second kappa shape index (κ2) is 51.1. The second-order valence-electron chi connectivity index (χ2n) is 32.2. The Morgan fingerprint density at radius 2 is 1.14 bits per heavy atom. The number of carbonyl (C=O) groups is 9. The van der Waals surface area contributed by atoms with Crippen molar-refractivity contribution in [2.45, 2.75) is 99.1 Å². The van der Waals surface area contributed by atoms with Crippen LogP contribution >= 0.6 is 31.9 Å². The van der Waals surface area contributed by atoms with Gasteiger partial charge < -0.3 is 69.1 Å². The van der Waals surface area contributed by atoms with E-state index in [-0.39, 0.29) is 106 Å². The van der Waals surface area contributed by atoms with Crippen LogP contribution in [0.25, 0.3) is 18.2 Å². The number of furan rings is 3. The molecule has 41 heteroatoms. The van der Waals surface area contributed by atoms with Crippen LogP contribution in [0.4, 0.5) is 28.4 Å². The summed E-state index contributed by atoms with van der Waals surface area (Å²) < 4.78 is 17.5. The van der Waals surface area contributed by atoms with E-state index in [0.29, 0.717) is 82.9 Å². The molecule has 0 aliphatic carbocycles. The minimum absolute atomic E-state index is 0.00559. The molecule has 10 aromatic rings. The topological polar surface area (TPSA) is 507 Å². The van der Waals surface area contributed by atoms with Gasteiger partial charge in [-0.05, 0) is 224 Å². The first-order valence-electron chi connectivity index (χ1n) is 44.0. The lowest BCUT2D eigenvalue weighted by atomic mass is 9.83. The number of benzene rings is 6. The molecule has 2 bridgehead atoms. The van der Waals surface area contributed by atoms with Gasteiger partial charge in [-0.25, -0.2) is 25.9 Å². The molecule has 8 N–H and O–H groups in total. The van der Waals surface area contributed by atoms with Crippen molar-refractivity contribution < 1.29 is 76.4 Å². The number of piperidine rings is 1. The van der Waals surface area contributed by atoms with Crippen LogP contribution in [0.5, 0.6) is 5.75 Å². The molecule has 0 saturated carbocycles. The second-order valence-corrected chi connectivity index (χ2v) is 33.8. The number of nitro benzene ring substituents is 2. The van der Waals surface area contributed by atoms with Crippen LogP contribution in [-0.2, 0) is 35.3 Å². The molecule has 39 nitrogen and oxygen atoms in total. The number of alkyl halides is 2. The Morgan fingerprint density at radius 1 is 0.561 bits per heavy atom. The average molecular weight is 2030 g/mol.